The van der Waals surface area contributed by atoms with Crippen molar-refractivity contribution in [2.75, 3.05) is 13.7 Å². The first-order chi connectivity index (χ1) is 9.92. The summed E-state index contributed by atoms with van der Waals surface area (Å²) in [4.78, 5) is 11.5. The first-order valence-electron chi connectivity index (χ1n) is 7.27. The third kappa shape index (κ3) is 6.49. The highest BCUT2D eigenvalue weighted by molar-refractivity contribution is 5.76. The van der Waals surface area contributed by atoms with Crippen LogP contribution in [-0.2, 0) is 11.2 Å². The summed E-state index contributed by atoms with van der Waals surface area (Å²) in [5.41, 5.74) is 6.89. The molecule has 3 N–H and O–H groups in total. The molecular formula is C16H26N2O3. The van der Waals surface area contributed by atoms with Crippen molar-refractivity contribution in [3.63, 3.8) is 0 Å². The van der Waals surface area contributed by atoms with Gasteiger partial charge in [0.05, 0.1) is 20.1 Å². The summed E-state index contributed by atoms with van der Waals surface area (Å²) >= 11 is 0. The maximum atomic E-state index is 11.5. The van der Waals surface area contributed by atoms with Crippen LogP contribution in [-0.4, -0.2) is 31.7 Å². The van der Waals surface area contributed by atoms with Gasteiger partial charge in [-0.05, 0) is 44.9 Å². The molecule has 0 aliphatic rings. The van der Waals surface area contributed by atoms with E-state index in [0.29, 0.717) is 24.5 Å². The van der Waals surface area contributed by atoms with Gasteiger partial charge in [-0.3, -0.25) is 4.79 Å². The lowest BCUT2D eigenvalue weighted by molar-refractivity contribution is -0.122. The van der Waals surface area contributed by atoms with Crippen molar-refractivity contribution in [3.05, 3.63) is 23.8 Å². The van der Waals surface area contributed by atoms with Crippen LogP contribution in [0, 0.1) is 0 Å². The molecule has 0 fully saturated rings. The van der Waals surface area contributed by atoms with Gasteiger partial charge < -0.3 is 20.5 Å². The minimum atomic E-state index is -0.0162. The number of hydrogen-bond donors (Lipinski definition) is 2. The molecule has 5 nitrogen and oxygen atoms in total. The van der Waals surface area contributed by atoms with Gasteiger partial charge in [-0.15, -0.1) is 0 Å². The van der Waals surface area contributed by atoms with Crippen LogP contribution in [0.5, 0.6) is 11.5 Å². The molecule has 0 bridgehead atoms. The van der Waals surface area contributed by atoms with Crippen molar-refractivity contribution < 1.29 is 14.3 Å². The van der Waals surface area contributed by atoms with Gasteiger partial charge in [-0.25, -0.2) is 0 Å². The van der Waals surface area contributed by atoms with E-state index in [9.17, 15) is 4.79 Å². The van der Waals surface area contributed by atoms with Crippen LogP contribution < -0.4 is 20.5 Å². The van der Waals surface area contributed by atoms with Crippen molar-refractivity contribution in [1.29, 1.82) is 0 Å². The minimum Gasteiger partial charge on any atom is -0.493 e. The minimum absolute atomic E-state index is 0.0162. The first-order valence-corrected chi connectivity index (χ1v) is 7.27. The Bertz CT molecular complexity index is 459. The lowest BCUT2D eigenvalue weighted by Crippen LogP contribution is -2.31. The fourth-order valence-electron chi connectivity index (χ4n) is 1.98. The summed E-state index contributed by atoms with van der Waals surface area (Å²) < 4.78 is 10.9. The molecule has 1 amide bonds. The number of benzene rings is 1. The van der Waals surface area contributed by atoms with Crippen molar-refractivity contribution in [2.45, 2.75) is 45.7 Å². The summed E-state index contributed by atoms with van der Waals surface area (Å²) in [6.07, 6.45) is 1.11. The molecular weight excluding hydrogens is 268 g/mol. The van der Waals surface area contributed by atoms with Crippen molar-refractivity contribution in [1.82, 2.24) is 5.32 Å². The molecule has 1 atom stereocenters. The molecule has 0 heterocycles. The quantitative estimate of drug-likeness (QED) is 0.768. The van der Waals surface area contributed by atoms with Crippen LogP contribution in [0.4, 0.5) is 0 Å². The zero-order chi connectivity index (χ0) is 15.8. The molecule has 21 heavy (non-hydrogen) atoms. The molecule has 0 aliphatic heterocycles. The molecule has 0 saturated carbocycles. The number of ether oxygens (including phenoxy) is 2. The SMILES string of the molecule is COc1cc(CC(C)N)ccc1OCCC(=O)NC(C)C. The Morgan fingerprint density at radius 2 is 2.00 bits per heavy atom. The largest absolute Gasteiger partial charge is 0.493 e. The predicted octanol–water partition coefficient (Wildman–Crippen LogP) is 1.88. The Morgan fingerprint density at radius 1 is 1.29 bits per heavy atom. The van der Waals surface area contributed by atoms with E-state index in [0.717, 1.165) is 12.0 Å². The molecule has 0 saturated heterocycles. The topological polar surface area (TPSA) is 73.6 Å². The number of hydrogen-bond acceptors (Lipinski definition) is 4. The fourth-order valence-corrected chi connectivity index (χ4v) is 1.98. The van der Waals surface area contributed by atoms with E-state index in [1.54, 1.807) is 7.11 Å². The third-order valence-electron chi connectivity index (χ3n) is 2.82. The highest BCUT2D eigenvalue weighted by Crippen LogP contribution is 2.28. The average molecular weight is 294 g/mol. The Hall–Kier alpha value is -1.75. The van der Waals surface area contributed by atoms with Gasteiger partial charge in [0.15, 0.2) is 11.5 Å². The van der Waals surface area contributed by atoms with Gasteiger partial charge in [0.1, 0.15) is 0 Å². The standard InChI is InChI=1S/C16H26N2O3/c1-11(2)18-16(19)7-8-21-14-6-5-13(9-12(3)17)10-15(14)20-4/h5-6,10-12H,7-9,17H2,1-4H3,(H,18,19). The Labute approximate surface area is 126 Å². The number of rotatable bonds is 8. The summed E-state index contributed by atoms with van der Waals surface area (Å²) in [6, 6.07) is 5.99. The van der Waals surface area contributed by atoms with Gasteiger partial charge in [0.25, 0.3) is 0 Å². The van der Waals surface area contributed by atoms with Gasteiger partial charge in [-0.1, -0.05) is 6.07 Å². The first kappa shape index (κ1) is 17.3. The number of carbonyl (C=O) groups is 1. The monoisotopic (exact) mass is 294 g/mol. The molecule has 0 radical (unpaired) electrons. The molecule has 118 valence electrons. The van der Waals surface area contributed by atoms with Crippen LogP contribution in [0.15, 0.2) is 18.2 Å². The van der Waals surface area contributed by atoms with Crippen molar-refractivity contribution in [3.8, 4) is 11.5 Å². The number of nitrogens with one attached hydrogen (secondary N) is 1. The number of carbonyl (C=O) groups excluding carboxylic acids is 1. The highest BCUT2D eigenvalue weighted by Gasteiger charge is 2.09. The van der Waals surface area contributed by atoms with Crippen LogP contribution in [0.2, 0.25) is 0 Å². The van der Waals surface area contributed by atoms with Crippen LogP contribution >= 0.6 is 0 Å². The molecule has 1 aromatic rings. The van der Waals surface area contributed by atoms with Gasteiger partial charge in [0, 0.05) is 12.1 Å². The predicted molar refractivity (Wildman–Crippen MR) is 83.7 cm³/mol. The molecule has 0 aromatic heterocycles. The van der Waals surface area contributed by atoms with E-state index in [4.69, 9.17) is 15.2 Å². The summed E-state index contributed by atoms with van der Waals surface area (Å²) in [5.74, 6) is 1.29. The normalized spacial score (nSPS) is 12.1. The van der Waals surface area contributed by atoms with Crippen LogP contribution in [0.3, 0.4) is 0 Å². The lowest BCUT2D eigenvalue weighted by atomic mass is 10.1. The maximum absolute atomic E-state index is 11.5. The number of nitrogens with two attached hydrogens (primary N) is 1. The fraction of sp³-hybridized carbons (Fsp3) is 0.562. The van der Waals surface area contributed by atoms with Crippen molar-refractivity contribution >= 4 is 5.91 Å². The highest BCUT2D eigenvalue weighted by atomic mass is 16.5. The Kier molecular flexibility index (Phi) is 7.02. The molecule has 5 heteroatoms. The van der Waals surface area contributed by atoms with E-state index in [-0.39, 0.29) is 18.0 Å². The third-order valence-corrected chi connectivity index (χ3v) is 2.82. The molecule has 0 spiro atoms. The second-order valence-electron chi connectivity index (χ2n) is 5.49. The Morgan fingerprint density at radius 3 is 2.57 bits per heavy atom. The molecule has 1 aromatic carbocycles. The summed E-state index contributed by atoms with van der Waals surface area (Å²) in [6.45, 7) is 6.14. The molecule has 1 rings (SSSR count). The Balaban J connectivity index is 2.56. The van der Waals surface area contributed by atoms with E-state index in [2.05, 4.69) is 5.32 Å². The van der Waals surface area contributed by atoms with E-state index >= 15 is 0 Å². The number of methoxy groups -OCH3 is 1. The summed E-state index contributed by atoms with van der Waals surface area (Å²) in [7, 11) is 1.60. The smallest absolute Gasteiger partial charge is 0.223 e. The number of amides is 1. The zero-order valence-electron chi connectivity index (χ0n) is 13.3. The van der Waals surface area contributed by atoms with E-state index < -0.39 is 0 Å². The van der Waals surface area contributed by atoms with Crippen LogP contribution in [0.1, 0.15) is 32.8 Å². The second-order valence-corrected chi connectivity index (χ2v) is 5.49. The van der Waals surface area contributed by atoms with Gasteiger partial charge in [0.2, 0.25) is 5.91 Å². The average Bonchev–Trinajstić information content (AvgIpc) is 2.38. The van der Waals surface area contributed by atoms with Crippen molar-refractivity contribution in [2.24, 2.45) is 5.73 Å². The van der Waals surface area contributed by atoms with E-state index in [1.165, 1.54) is 0 Å². The van der Waals surface area contributed by atoms with Crippen LogP contribution in [0.25, 0.3) is 0 Å². The lowest BCUT2D eigenvalue weighted by Gasteiger charge is -2.13. The van der Waals surface area contributed by atoms with Gasteiger partial charge in [-0.2, -0.15) is 0 Å². The summed E-state index contributed by atoms with van der Waals surface area (Å²) in [5, 5.41) is 2.82. The van der Waals surface area contributed by atoms with Gasteiger partial charge >= 0.3 is 0 Å². The van der Waals surface area contributed by atoms with E-state index in [1.807, 2.05) is 39.0 Å². The second kappa shape index (κ2) is 8.52. The molecule has 1 unspecified atom stereocenters. The maximum Gasteiger partial charge on any atom is 0.223 e. The zero-order valence-corrected chi connectivity index (χ0v) is 13.3. The molecule has 0 aliphatic carbocycles.